The summed E-state index contributed by atoms with van der Waals surface area (Å²) in [6.45, 7) is 7.04. The lowest BCUT2D eigenvalue weighted by Gasteiger charge is -2.33. The number of halogens is 2. The molecule has 0 spiro atoms. The molecule has 0 fully saturated rings. The highest BCUT2D eigenvalue weighted by molar-refractivity contribution is 8.14. The molecule has 6 nitrogen and oxygen atoms in total. The highest BCUT2D eigenvalue weighted by Gasteiger charge is 2.26. The van der Waals surface area contributed by atoms with Crippen molar-refractivity contribution in [1.82, 2.24) is 5.43 Å². The molecule has 2 aliphatic heterocycles. The third-order valence-corrected chi connectivity index (χ3v) is 6.65. The van der Waals surface area contributed by atoms with Crippen molar-refractivity contribution in [1.29, 1.82) is 0 Å². The van der Waals surface area contributed by atoms with E-state index in [0.29, 0.717) is 10.8 Å². The fourth-order valence-electron chi connectivity index (χ4n) is 4.07. The zero-order valence-electron chi connectivity index (χ0n) is 19.1. The minimum atomic E-state index is -0.113. The summed E-state index contributed by atoms with van der Waals surface area (Å²) >= 11 is 7.70. The smallest absolute Gasteiger partial charge is 0.299 e. The number of nitrogens with one attached hydrogen (secondary N) is 1. The molecule has 1 amide bonds. The first-order chi connectivity index (χ1) is 15.4. The molecule has 33 heavy (non-hydrogen) atoms. The third kappa shape index (κ3) is 5.48. The average Bonchev–Trinajstić information content (AvgIpc) is 2.76. The van der Waals surface area contributed by atoms with Crippen molar-refractivity contribution >= 4 is 58.2 Å². The second-order valence-electron chi connectivity index (χ2n) is 8.15. The molecule has 2 heterocycles. The molecule has 0 bridgehead atoms. The number of ether oxygens (including phenoxy) is 1. The molecule has 0 aliphatic carbocycles. The molecular formula is C24H28Cl2N4O2S. The fourth-order valence-corrected chi connectivity index (χ4v) is 5.04. The maximum Gasteiger partial charge on any atom is 0.299 e. The van der Waals surface area contributed by atoms with Gasteiger partial charge < -0.3 is 9.64 Å². The van der Waals surface area contributed by atoms with Gasteiger partial charge in [-0.05, 0) is 75.1 Å². The van der Waals surface area contributed by atoms with E-state index < -0.39 is 0 Å². The standard InChI is InChI=1S/C24H27ClN4O2S.ClH/c1-14(2)26-23(18-8-10-21(31-4)19(25)13-18)29-11-5-6-16-12-17(7-9-20(16)29)22-15(3)32-24(30)28-27-22;/h7-10,12-15H,5-6,11H2,1-4H3,(H,28,30);1H. The molecular weight excluding hydrogens is 479 g/mol. The Hall–Kier alpha value is -2.22. The number of amidine groups is 1. The number of fused-ring (bicyclic) bond motifs is 1. The molecule has 0 saturated heterocycles. The van der Waals surface area contributed by atoms with Gasteiger partial charge in [-0.15, -0.1) is 12.4 Å². The average molecular weight is 507 g/mol. The third-order valence-electron chi connectivity index (χ3n) is 5.48. The number of hydrazone groups is 1. The number of amides is 1. The van der Waals surface area contributed by atoms with Crippen LogP contribution in [0.1, 0.15) is 43.9 Å². The monoisotopic (exact) mass is 506 g/mol. The second-order valence-corrected chi connectivity index (χ2v) is 9.87. The predicted octanol–water partition coefficient (Wildman–Crippen LogP) is 5.93. The summed E-state index contributed by atoms with van der Waals surface area (Å²) in [6, 6.07) is 12.4. The van der Waals surface area contributed by atoms with Crippen LogP contribution in [0.4, 0.5) is 10.5 Å². The van der Waals surface area contributed by atoms with E-state index in [1.54, 1.807) is 7.11 Å². The molecule has 1 N–H and O–H groups in total. The lowest BCUT2D eigenvalue weighted by Crippen LogP contribution is -2.37. The molecule has 0 saturated carbocycles. The van der Waals surface area contributed by atoms with E-state index in [-0.39, 0.29) is 28.9 Å². The summed E-state index contributed by atoms with van der Waals surface area (Å²) < 4.78 is 5.32. The fraction of sp³-hybridized carbons (Fsp3) is 0.375. The van der Waals surface area contributed by atoms with E-state index in [1.165, 1.54) is 17.3 Å². The van der Waals surface area contributed by atoms with Gasteiger partial charge in [-0.2, -0.15) is 5.10 Å². The van der Waals surface area contributed by atoms with E-state index in [4.69, 9.17) is 21.3 Å². The van der Waals surface area contributed by atoms with Gasteiger partial charge in [-0.25, -0.2) is 5.43 Å². The first kappa shape index (κ1) is 25.4. The summed E-state index contributed by atoms with van der Waals surface area (Å²) in [5.41, 5.74) is 7.88. The van der Waals surface area contributed by atoms with Crippen LogP contribution in [0.15, 0.2) is 46.5 Å². The summed E-state index contributed by atoms with van der Waals surface area (Å²) in [4.78, 5) is 18.8. The Bertz CT molecular complexity index is 1100. The number of carbonyl (C=O) groups excluding carboxylic acids is 1. The zero-order chi connectivity index (χ0) is 22.8. The molecule has 2 aromatic carbocycles. The van der Waals surface area contributed by atoms with Crippen molar-refractivity contribution in [2.24, 2.45) is 10.1 Å². The van der Waals surface area contributed by atoms with Gasteiger partial charge in [0, 0.05) is 23.8 Å². The number of carbonyl (C=O) groups is 1. The van der Waals surface area contributed by atoms with Gasteiger partial charge >= 0.3 is 0 Å². The molecule has 2 aliphatic rings. The van der Waals surface area contributed by atoms with Crippen LogP contribution in [0, 0.1) is 0 Å². The van der Waals surface area contributed by atoms with E-state index in [9.17, 15) is 4.79 Å². The normalized spacial score (nSPS) is 18.3. The number of thioether (sulfide) groups is 1. The number of aliphatic imine (C=N–C) groups is 1. The van der Waals surface area contributed by atoms with Crippen LogP contribution in [-0.4, -0.2) is 41.7 Å². The first-order valence-corrected chi connectivity index (χ1v) is 12.0. The molecule has 1 atom stereocenters. The summed E-state index contributed by atoms with van der Waals surface area (Å²) in [5.74, 6) is 1.56. The minimum absolute atomic E-state index is 0. The number of anilines is 1. The number of hydrogen-bond acceptors (Lipinski definition) is 5. The minimum Gasteiger partial charge on any atom is -0.495 e. The summed E-state index contributed by atoms with van der Waals surface area (Å²) in [5, 5.41) is 4.78. The van der Waals surface area contributed by atoms with Crippen LogP contribution < -0.4 is 15.1 Å². The molecule has 9 heteroatoms. The van der Waals surface area contributed by atoms with Crippen molar-refractivity contribution < 1.29 is 9.53 Å². The quantitative estimate of drug-likeness (QED) is 0.412. The highest BCUT2D eigenvalue weighted by Crippen LogP contribution is 2.33. The number of methoxy groups -OCH3 is 1. The van der Waals surface area contributed by atoms with Crippen LogP contribution in [0.5, 0.6) is 5.75 Å². The Morgan fingerprint density at radius 2 is 2.09 bits per heavy atom. The van der Waals surface area contributed by atoms with Crippen molar-refractivity contribution in [3.8, 4) is 5.75 Å². The van der Waals surface area contributed by atoms with E-state index in [1.807, 2.05) is 25.1 Å². The van der Waals surface area contributed by atoms with Crippen LogP contribution in [-0.2, 0) is 6.42 Å². The Morgan fingerprint density at radius 3 is 2.76 bits per heavy atom. The van der Waals surface area contributed by atoms with Gasteiger partial charge in [0.05, 0.1) is 23.1 Å². The maximum atomic E-state index is 11.6. The Morgan fingerprint density at radius 1 is 1.30 bits per heavy atom. The van der Waals surface area contributed by atoms with Gasteiger partial charge in [0.1, 0.15) is 11.6 Å². The predicted molar refractivity (Wildman–Crippen MR) is 141 cm³/mol. The molecule has 176 valence electrons. The van der Waals surface area contributed by atoms with E-state index in [0.717, 1.165) is 47.7 Å². The van der Waals surface area contributed by atoms with Gasteiger partial charge in [0.25, 0.3) is 5.24 Å². The lowest BCUT2D eigenvalue weighted by atomic mass is 9.96. The van der Waals surface area contributed by atoms with E-state index >= 15 is 0 Å². The van der Waals surface area contributed by atoms with Crippen LogP contribution in [0.25, 0.3) is 0 Å². The van der Waals surface area contributed by atoms with Gasteiger partial charge in [0.2, 0.25) is 0 Å². The summed E-state index contributed by atoms with van der Waals surface area (Å²) in [6.07, 6.45) is 2.00. The number of rotatable bonds is 4. The number of nitrogens with zero attached hydrogens (tertiary/aromatic N) is 3. The van der Waals surface area contributed by atoms with Crippen LogP contribution >= 0.6 is 35.8 Å². The van der Waals surface area contributed by atoms with Crippen LogP contribution in [0.2, 0.25) is 5.02 Å². The first-order valence-electron chi connectivity index (χ1n) is 10.7. The Balaban J connectivity index is 0.00000306. The van der Waals surface area contributed by atoms with E-state index in [2.05, 4.69) is 47.5 Å². The Labute approximate surface area is 210 Å². The second kappa shape index (κ2) is 10.8. The molecule has 4 rings (SSSR count). The SMILES string of the molecule is COc1ccc(C(=NC(C)C)N2CCCc3cc(C4=NNC(=O)SC4C)ccc32)cc1Cl.Cl. The van der Waals surface area contributed by atoms with Crippen molar-refractivity contribution in [2.75, 3.05) is 18.6 Å². The number of benzene rings is 2. The molecule has 1 unspecified atom stereocenters. The topological polar surface area (TPSA) is 66.3 Å². The van der Waals surface area contributed by atoms with Gasteiger partial charge in [-0.3, -0.25) is 9.79 Å². The van der Waals surface area contributed by atoms with Crippen molar-refractivity contribution in [2.45, 2.75) is 44.9 Å². The van der Waals surface area contributed by atoms with Crippen molar-refractivity contribution in [3.63, 3.8) is 0 Å². The zero-order valence-corrected chi connectivity index (χ0v) is 21.5. The number of hydrogen-bond donors (Lipinski definition) is 1. The highest BCUT2D eigenvalue weighted by atomic mass is 35.5. The molecule has 0 aromatic heterocycles. The van der Waals surface area contributed by atoms with Crippen LogP contribution in [0.3, 0.4) is 0 Å². The summed E-state index contributed by atoms with van der Waals surface area (Å²) in [7, 11) is 1.61. The Kier molecular flexibility index (Phi) is 8.32. The van der Waals surface area contributed by atoms with Crippen molar-refractivity contribution in [3.05, 3.63) is 58.1 Å². The molecule has 0 radical (unpaired) electrons. The molecule has 2 aromatic rings. The maximum absolute atomic E-state index is 11.6. The lowest BCUT2D eigenvalue weighted by molar-refractivity contribution is 0.261. The van der Waals surface area contributed by atoms with Gasteiger partial charge in [0.15, 0.2) is 0 Å². The number of aryl methyl sites for hydroxylation is 1. The largest absolute Gasteiger partial charge is 0.495 e. The van der Waals surface area contributed by atoms with Gasteiger partial charge in [-0.1, -0.05) is 29.4 Å².